The molecule has 0 aliphatic rings. The Hall–Kier alpha value is -1.91. The smallest absolute Gasteiger partial charge is 0.260 e. The molecule has 0 aromatic heterocycles. The number of benzene rings is 1. The number of ether oxygens (including phenoxy) is 1. The van der Waals surface area contributed by atoms with E-state index in [1.807, 2.05) is 6.92 Å². The van der Waals surface area contributed by atoms with Crippen LogP contribution in [0.3, 0.4) is 0 Å². The van der Waals surface area contributed by atoms with Crippen molar-refractivity contribution in [2.45, 2.75) is 32.8 Å². The number of hydrogen-bond donors (Lipinski definition) is 1. The van der Waals surface area contributed by atoms with E-state index in [-0.39, 0.29) is 17.2 Å². The maximum Gasteiger partial charge on any atom is 0.260 e. The van der Waals surface area contributed by atoms with E-state index in [4.69, 9.17) is 4.74 Å². The Kier molecular flexibility index (Phi) is 5.99. The van der Waals surface area contributed by atoms with Crippen LogP contribution < -0.4 is 10.1 Å². The van der Waals surface area contributed by atoms with Gasteiger partial charge in [0.2, 0.25) is 0 Å². The second-order valence-electron chi connectivity index (χ2n) is 4.20. The van der Waals surface area contributed by atoms with Gasteiger partial charge in [0.25, 0.3) is 5.91 Å². The van der Waals surface area contributed by atoms with Crippen LogP contribution in [-0.2, 0) is 4.79 Å². The highest BCUT2D eigenvalue weighted by Crippen LogP contribution is 2.19. The van der Waals surface area contributed by atoms with Gasteiger partial charge in [0.05, 0.1) is 5.56 Å². The summed E-state index contributed by atoms with van der Waals surface area (Å²) in [6.45, 7) is 4.20. The van der Waals surface area contributed by atoms with Crippen molar-refractivity contribution in [3.05, 3.63) is 29.6 Å². The molecular weight excluding hydrogens is 249 g/mol. The Balaban J connectivity index is 2.63. The number of hydrogen-bond acceptors (Lipinski definition) is 3. The van der Waals surface area contributed by atoms with Gasteiger partial charge < -0.3 is 10.1 Å². The van der Waals surface area contributed by atoms with Gasteiger partial charge in [-0.05, 0) is 31.5 Å². The van der Waals surface area contributed by atoms with E-state index < -0.39 is 11.9 Å². The lowest BCUT2D eigenvalue weighted by Crippen LogP contribution is -2.36. The van der Waals surface area contributed by atoms with E-state index in [1.54, 1.807) is 6.92 Å². The third-order valence-electron chi connectivity index (χ3n) is 2.60. The average molecular weight is 267 g/mol. The molecule has 0 bridgehead atoms. The molecule has 1 N–H and O–H groups in total. The number of carbonyl (C=O) groups excluding carboxylic acids is 2. The molecule has 4 nitrogen and oxygen atoms in total. The molecule has 0 saturated carbocycles. The van der Waals surface area contributed by atoms with E-state index >= 15 is 0 Å². The number of halogens is 1. The predicted octanol–water partition coefficient (Wildman–Crippen LogP) is 2.32. The topological polar surface area (TPSA) is 55.4 Å². The summed E-state index contributed by atoms with van der Waals surface area (Å²) in [5, 5.41) is 2.73. The van der Waals surface area contributed by atoms with Crippen LogP contribution in [0.5, 0.6) is 5.75 Å². The fourth-order valence-electron chi connectivity index (χ4n) is 1.49. The summed E-state index contributed by atoms with van der Waals surface area (Å²) >= 11 is 0. The van der Waals surface area contributed by atoms with Crippen molar-refractivity contribution >= 4 is 12.2 Å². The summed E-state index contributed by atoms with van der Waals surface area (Å²) in [7, 11) is 0. The maximum atomic E-state index is 12.9. The van der Waals surface area contributed by atoms with Gasteiger partial charge in [-0.2, -0.15) is 0 Å². The van der Waals surface area contributed by atoms with Crippen LogP contribution in [0.4, 0.5) is 4.39 Å². The molecule has 0 aliphatic carbocycles. The first kappa shape index (κ1) is 15.1. The van der Waals surface area contributed by atoms with E-state index in [1.165, 1.54) is 12.1 Å². The van der Waals surface area contributed by atoms with Crippen LogP contribution in [0.2, 0.25) is 0 Å². The summed E-state index contributed by atoms with van der Waals surface area (Å²) in [5.41, 5.74) is 0.0909. The van der Waals surface area contributed by atoms with Crippen LogP contribution in [-0.4, -0.2) is 24.8 Å². The molecule has 0 radical (unpaired) electrons. The SMILES string of the molecule is CCCCNC(=O)C(C)Oc1ccc(F)cc1C=O. The Morgan fingerprint density at radius 1 is 1.53 bits per heavy atom. The van der Waals surface area contributed by atoms with E-state index in [0.29, 0.717) is 12.8 Å². The zero-order valence-electron chi connectivity index (χ0n) is 11.1. The maximum absolute atomic E-state index is 12.9. The van der Waals surface area contributed by atoms with E-state index in [2.05, 4.69) is 5.32 Å². The molecule has 1 atom stereocenters. The lowest BCUT2D eigenvalue weighted by atomic mass is 10.2. The third-order valence-corrected chi connectivity index (χ3v) is 2.60. The molecule has 1 aromatic carbocycles. The average Bonchev–Trinajstić information content (AvgIpc) is 2.40. The predicted molar refractivity (Wildman–Crippen MR) is 69.8 cm³/mol. The summed E-state index contributed by atoms with van der Waals surface area (Å²) in [6.07, 6.45) is 1.65. The zero-order valence-corrected chi connectivity index (χ0v) is 11.1. The fraction of sp³-hybridized carbons (Fsp3) is 0.429. The second-order valence-corrected chi connectivity index (χ2v) is 4.20. The van der Waals surface area contributed by atoms with Crippen molar-refractivity contribution < 1.29 is 18.7 Å². The van der Waals surface area contributed by atoms with Gasteiger partial charge in [-0.3, -0.25) is 9.59 Å². The molecule has 1 aromatic rings. The number of amides is 1. The molecular formula is C14H18FNO3. The highest BCUT2D eigenvalue weighted by Gasteiger charge is 2.16. The van der Waals surface area contributed by atoms with Gasteiger partial charge in [-0.25, -0.2) is 4.39 Å². The molecule has 1 unspecified atom stereocenters. The molecule has 104 valence electrons. The van der Waals surface area contributed by atoms with Crippen molar-refractivity contribution in [2.75, 3.05) is 6.54 Å². The minimum Gasteiger partial charge on any atom is -0.480 e. The summed E-state index contributed by atoms with van der Waals surface area (Å²) in [4.78, 5) is 22.5. The Morgan fingerprint density at radius 3 is 2.89 bits per heavy atom. The Bertz CT molecular complexity index is 448. The summed E-state index contributed by atoms with van der Waals surface area (Å²) in [5.74, 6) is -0.571. The minimum atomic E-state index is -0.735. The second kappa shape index (κ2) is 7.51. The Morgan fingerprint density at radius 2 is 2.26 bits per heavy atom. The highest BCUT2D eigenvalue weighted by atomic mass is 19.1. The minimum absolute atomic E-state index is 0.0909. The van der Waals surface area contributed by atoms with Crippen LogP contribution in [0, 0.1) is 5.82 Å². The van der Waals surface area contributed by atoms with Gasteiger partial charge in [0, 0.05) is 6.54 Å². The Labute approximate surface area is 112 Å². The number of aldehydes is 1. The normalized spacial score (nSPS) is 11.7. The third kappa shape index (κ3) is 4.69. The molecule has 0 saturated heterocycles. The lowest BCUT2D eigenvalue weighted by molar-refractivity contribution is -0.127. The van der Waals surface area contributed by atoms with Crippen LogP contribution in [0.15, 0.2) is 18.2 Å². The molecule has 1 rings (SSSR count). The van der Waals surface area contributed by atoms with Crippen molar-refractivity contribution in [1.29, 1.82) is 0 Å². The lowest BCUT2D eigenvalue weighted by Gasteiger charge is -2.15. The zero-order chi connectivity index (χ0) is 14.3. The summed E-state index contributed by atoms with van der Waals surface area (Å²) < 4.78 is 18.3. The molecule has 0 spiro atoms. The quantitative estimate of drug-likeness (QED) is 0.609. The van der Waals surface area contributed by atoms with Gasteiger partial charge in [-0.1, -0.05) is 13.3 Å². The van der Waals surface area contributed by atoms with Crippen molar-refractivity contribution in [3.63, 3.8) is 0 Å². The fourth-order valence-corrected chi connectivity index (χ4v) is 1.49. The van der Waals surface area contributed by atoms with Gasteiger partial charge in [0.1, 0.15) is 11.6 Å². The van der Waals surface area contributed by atoms with E-state index in [9.17, 15) is 14.0 Å². The first-order valence-electron chi connectivity index (χ1n) is 6.27. The molecule has 0 fully saturated rings. The molecule has 0 aliphatic heterocycles. The van der Waals surface area contributed by atoms with Crippen LogP contribution in [0.1, 0.15) is 37.0 Å². The highest BCUT2D eigenvalue weighted by molar-refractivity contribution is 5.82. The molecule has 1 amide bonds. The largest absolute Gasteiger partial charge is 0.480 e. The van der Waals surface area contributed by atoms with Crippen molar-refractivity contribution in [2.24, 2.45) is 0 Å². The molecule has 19 heavy (non-hydrogen) atoms. The van der Waals surface area contributed by atoms with E-state index in [0.717, 1.165) is 18.9 Å². The monoisotopic (exact) mass is 267 g/mol. The van der Waals surface area contributed by atoms with Crippen LogP contribution >= 0.6 is 0 Å². The number of nitrogens with one attached hydrogen (secondary N) is 1. The van der Waals surface area contributed by atoms with Gasteiger partial charge in [-0.15, -0.1) is 0 Å². The number of carbonyl (C=O) groups is 2. The summed E-state index contributed by atoms with van der Waals surface area (Å²) in [6, 6.07) is 3.60. The molecule has 0 heterocycles. The van der Waals surface area contributed by atoms with Gasteiger partial charge in [0.15, 0.2) is 12.4 Å². The standard InChI is InChI=1S/C14H18FNO3/c1-3-4-7-16-14(18)10(2)19-13-6-5-12(15)8-11(13)9-17/h5-6,8-10H,3-4,7H2,1-2H3,(H,16,18). The first-order valence-corrected chi connectivity index (χ1v) is 6.27. The van der Waals surface area contributed by atoms with Crippen molar-refractivity contribution in [1.82, 2.24) is 5.32 Å². The van der Waals surface area contributed by atoms with Gasteiger partial charge >= 0.3 is 0 Å². The van der Waals surface area contributed by atoms with Crippen molar-refractivity contribution in [3.8, 4) is 5.75 Å². The van der Waals surface area contributed by atoms with Crippen LogP contribution in [0.25, 0.3) is 0 Å². The molecule has 5 heteroatoms. The number of rotatable bonds is 7. The number of unbranched alkanes of at least 4 members (excludes halogenated alkanes) is 1. The first-order chi connectivity index (χ1) is 9.08.